The Morgan fingerprint density at radius 3 is 2.89 bits per heavy atom. The van der Waals surface area contributed by atoms with Crippen LogP contribution < -0.4 is 5.73 Å². The Bertz CT molecular complexity index is 487. The first-order valence-corrected chi connectivity index (χ1v) is 6.43. The van der Waals surface area contributed by atoms with E-state index in [2.05, 4.69) is 0 Å². The Labute approximate surface area is 112 Å². The first-order chi connectivity index (χ1) is 9.11. The molecular formula is C14H18N2O3. The van der Waals surface area contributed by atoms with E-state index < -0.39 is 11.9 Å². The van der Waals surface area contributed by atoms with Gasteiger partial charge in [0.25, 0.3) is 5.91 Å². The molecule has 0 radical (unpaired) electrons. The highest BCUT2D eigenvalue weighted by Gasteiger charge is 2.28. The Balaban J connectivity index is 2.12. The third-order valence-corrected chi connectivity index (χ3v) is 3.47. The van der Waals surface area contributed by atoms with Crippen molar-refractivity contribution in [3.8, 4) is 0 Å². The molecule has 0 saturated carbocycles. The normalized spacial score (nSPS) is 19.2. The molecule has 0 aromatic heterocycles. The molecule has 5 heteroatoms. The number of carbonyl (C=O) groups is 2. The summed E-state index contributed by atoms with van der Waals surface area (Å²) < 4.78 is 0. The Kier molecular flexibility index (Phi) is 4.16. The largest absolute Gasteiger partial charge is 0.481 e. The number of hydrogen-bond donors (Lipinski definition) is 2. The number of carboxylic acids is 1. The van der Waals surface area contributed by atoms with Gasteiger partial charge >= 0.3 is 5.97 Å². The van der Waals surface area contributed by atoms with Crippen LogP contribution in [-0.4, -0.2) is 35.0 Å². The molecule has 0 aliphatic carbocycles. The first kappa shape index (κ1) is 13.5. The van der Waals surface area contributed by atoms with E-state index >= 15 is 0 Å². The molecule has 1 amide bonds. The maximum Gasteiger partial charge on any atom is 0.308 e. The van der Waals surface area contributed by atoms with Crippen LogP contribution in [0, 0.1) is 5.92 Å². The third kappa shape index (κ3) is 3.12. The van der Waals surface area contributed by atoms with E-state index in [1.807, 2.05) is 6.07 Å². The van der Waals surface area contributed by atoms with Crippen LogP contribution in [0.25, 0.3) is 0 Å². The zero-order chi connectivity index (χ0) is 13.8. The van der Waals surface area contributed by atoms with Gasteiger partial charge in [0.1, 0.15) is 0 Å². The number of rotatable bonds is 3. The van der Waals surface area contributed by atoms with Crippen molar-refractivity contribution in [3.05, 3.63) is 35.4 Å². The Morgan fingerprint density at radius 2 is 2.21 bits per heavy atom. The quantitative estimate of drug-likeness (QED) is 0.853. The minimum atomic E-state index is -0.826. The number of piperidine rings is 1. The number of carbonyl (C=O) groups excluding carboxylic acids is 1. The summed E-state index contributed by atoms with van der Waals surface area (Å²) in [7, 11) is 0. The van der Waals surface area contributed by atoms with Crippen molar-refractivity contribution >= 4 is 11.9 Å². The Morgan fingerprint density at radius 1 is 1.42 bits per heavy atom. The number of nitrogens with zero attached hydrogens (tertiary/aromatic N) is 1. The molecule has 102 valence electrons. The summed E-state index contributed by atoms with van der Waals surface area (Å²) in [5.74, 6) is -1.38. The highest BCUT2D eigenvalue weighted by molar-refractivity contribution is 5.94. The average molecular weight is 262 g/mol. The summed E-state index contributed by atoms with van der Waals surface area (Å²) in [6.07, 6.45) is 1.38. The number of carboxylic acid groups (broad SMARTS) is 1. The predicted molar refractivity (Wildman–Crippen MR) is 70.6 cm³/mol. The van der Waals surface area contributed by atoms with Crippen LogP contribution >= 0.6 is 0 Å². The van der Waals surface area contributed by atoms with Crippen molar-refractivity contribution in [1.29, 1.82) is 0 Å². The van der Waals surface area contributed by atoms with Crippen LogP contribution in [0.2, 0.25) is 0 Å². The zero-order valence-electron chi connectivity index (χ0n) is 10.7. The van der Waals surface area contributed by atoms with E-state index in [9.17, 15) is 9.59 Å². The van der Waals surface area contributed by atoms with Crippen LogP contribution in [0.3, 0.4) is 0 Å². The number of benzene rings is 1. The summed E-state index contributed by atoms with van der Waals surface area (Å²) in [5, 5.41) is 9.04. The average Bonchev–Trinajstić information content (AvgIpc) is 2.46. The van der Waals surface area contributed by atoms with Gasteiger partial charge in [-0.3, -0.25) is 9.59 Å². The van der Waals surface area contributed by atoms with E-state index in [0.717, 1.165) is 12.0 Å². The second kappa shape index (κ2) is 5.84. The summed E-state index contributed by atoms with van der Waals surface area (Å²) in [6, 6.07) is 7.18. The fourth-order valence-electron chi connectivity index (χ4n) is 2.38. The van der Waals surface area contributed by atoms with Crippen molar-refractivity contribution in [2.45, 2.75) is 19.4 Å². The summed E-state index contributed by atoms with van der Waals surface area (Å²) >= 11 is 0. The molecular weight excluding hydrogens is 244 g/mol. The van der Waals surface area contributed by atoms with Gasteiger partial charge < -0.3 is 15.7 Å². The van der Waals surface area contributed by atoms with E-state index in [1.165, 1.54) is 0 Å². The fraction of sp³-hybridized carbons (Fsp3) is 0.429. The molecule has 1 aromatic carbocycles. The van der Waals surface area contributed by atoms with E-state index in [0.29, 0.717) is 31.6 Å². The van der Waals surface area contributed by atoms with Gasteiger partial charge in [-0.2, -0.15) is 0 Å². The number of hydrogen-bond acceptors (Lipinski definition) is 3. The lowest BCUT2D eigenvalue weighted by atomic mass is 9.97. The highest BCUT2D eigenvalue weighted by atomic mass is 16.4. The molecule has 1 saturated heterocycles. The highest BCUT2D eigenvalue weighted by Crippen LogP contribution is 2.19. The van der Waals surface area contributed by atoms with Crippen LogP contribution in [0.1, 0.15) is 28.8 Å². The number of likely N-dealkylation sites (tertiary alicyclic amines) is 1. The van der Waals surface area contributed by atoms with Gasteiger partial charge in [-0.25, -0.2) is 0 Å². The predicted octanol–water partition coefficient (Wildman–Crippen LogP) is 1.08. The molecule has 19 heavy (non-hydrogen) atoms. The van der Waals surface area contributed by atoms with Gasteiger partial charge in [-0.05, 0) is 30.5 Å². The second-order valence-corrected chi connectivity index (χ2v) is 4.83. The van der Waals surface area contributed by atoms with Gasteiger partial charge in [-0.15, -0.1) is 0 Å². The lowest BCUT2D eigenvalue weighted by molar-refractivity contribution is -0.143. The van der Waals surface area contributed by atoms with Crippen molar-refractivity contribution < 1.29 is 14.7 Å². The van der Waals surface area contributed by atoms with E-state index in [4.69, 9.17) is 10.8 Å². The summed E-state index contributed by atoms with van der Waals surface area (Å²) in [4.78, 5) is 25.0. The van der Waals surface area contributed by atoms with Crippen molar-refractivity contribution in [2.75, 3.05) is 13.1 Å². The van der Waals surface area contributed by atoms with E-state index in [1.54, 1.807) is 23.1 Å². The van der Waals surface area contributed by atoms with Crippen LogP contribution in [0.5, 0.6) is 0 Å². The monoisotopic (exact) mass is 262 g/mol. The molecule has 1 aromatic rings. The van der Waals surface area contributed by atoms with Crippen LogP contribution in [-0.2, 0) is 11.3 Å². The number of amides is 1. The number of nitrogens with two attached hydrogens (primary N) is 1. The lowest BCUT2D eigenvalue weighted by Crippen LogP contribution is -2.42. The van der Waals surface area contributed by atoms with E-state index in [-0.39, 0.29) is 5.91 Å². The lowest BCUT2D eigenvalue weighted by Gasteiger charge is -2.30. The van der Waals surface area contributed by atoms with Gasteiger partial charge in [0.15, 0.2) is 0 Å². The molecule has 3 N–H and O–H groups in total. The first-order valence-electron chi connectivity index (χ1n) is 6.43. The third-order valence-electron chi connectivity index (χ3n) is 3.47. The molecule has 1 atom stereocenters. The zero-order valence-corrected chi connectivity index (χ0v) is 10.7. The van der Waals surface area contributed by atoms with Crippen molar-refractivity contribution in [3.63, 3.8) is 0 Å². The molecule has 1 unspecified atom stereocenters. The molecule has 1 heterocycles. The summed E-state index contributed by atoms with van der Waals surface area (Å²) in [6.45, 7) is 1.30. The van der Waals surface area contributed by atoms with Crippen molar-refractivity contribution in [1.82, 2.24) is 4.90 Å². The minimum absolute atomic E-state index is 0.110. The van der Waals surface area contributed by atoms with Gasteiger partial charge in [0.2, 0.25) is 0 Å². The standard InChI is InChI=1S/C14H18N2O3/c15-8-10-3-1-4-11(7-10)13(17)16-6-2-5-12(9-16)14(18)19/h1,3-4,7,12H,2,5-6,8-9,15H2,(H,18,19). The Hall–Kier alpha value is -1.88. The molecule has 5 nitrogen and oxygen atoms in total. The molecule has 1 fully saturated rings. The maximum atomic E-state index is 12.3. The van der Waals surface area contributed by atoms with Crippen molar-refractivity contribution in [2.24, 2.45) is 11.7 Å². The molecule has 0 bridgehead atoms. The maximum absolute atomic E-state index is 12.3. The second-order valence-electron chi connectivity index (χ2n) is 4.83. The fourth-order valence-corrected chi connectivity index (χ4v) is 2.38. The number of aliphatic carboxylic acids is 1. The molecule has 0 spiro atoms. The minimum Gasteiger partial charge on any atom is -0.481 e. The topological polar surface area (TPSA) is 83.6 Å². The van der Waals surface area contributed by atoms with Gasteiger partial charge in [-0.1, -0.05) is 12.1 Å². The van der Waals surface area contributed by atoms with Gasteiger partial charge in [0.05, 0.1) is 5.92 Å². The molecule has 2 rings (SSSR count). The smallest absolute Gasteiger partial charge is 0.308 e. The summed E-state index contributed by atoms with van der Waals surface area (Å²) in [5.41, 5.74) is 7.03. The molecule has 1 aliphatic heterocycles. The SMILES string of the molecule is NCc1cccc(C(=O)N2CCCC(C(=O)O)C2)c1. The van der Waals surface area contributed by atoms with Gasteiger partial charge in [0, 0.05) is 25.2 Å². The molecule has 1 aliphatic rings. The van der Waals surface area contributed by atoms with Crippen LogP contribution in [0.4, 0.5) is 0 Å². The van der Waals surface area contributed by atoms with Crippen LogP contribution in [0.15, 0.2) is 24.3 Å².